The van der Waals surface area contributed by atoms with E-state index >= 15 is 0 Å². The van der Waals surface area contributed by atoms with Crippen molar-refractivity contribution in [3.8, 4) is 16.9 Å². The number of ether oxygens (including phenoxy) is 1. The average molecular weight is 388 g/mol. The number of hydrogen-bond donors (Lipinski definition) is 0. The summed E-state index contributed by atoms with van der Waals surface area (Å²) in [5.74, 6) is 0.868. The molecule has 3 rings (SSSR count). The SMILES string of the molecule is Clc1ccc(-c2ccc(OCc3cccc(CBr)c3)cc2)cc1. The second-order valence-corrected chi connectivity index (χ2v) is 6.27. The van der Waals surface area contributed by atoms with Gasteiger partial charge in [-0.25, -0.2) is 0 Å². The van der Waals surface area contributed by atoms with E-state index in [1.165, 1.54) is 11.1 Å². The molecule has 0 aliphatic carbocycles. The smallest absolute Gasteiger partial charge is 0.119 e. The molecule has 0 bridgehead atoms. The molecule has 0 heterocycles. The highest BCUT2D eigenvalue weighted by molar-refractivity contribution is 9.08. The van der Waals surface area contributed by atoms with E-state index in [1.54, 1.807) is 0 Å². The molecule has 23 heavy (non-hydrogen) atoms. The first-order chi connectivity index (χ1) is 11.2. The molecule has 116 valence electrons. The summed E-state index contributed by atoms with van der Waals surface area (Å²) in [6.07, 6.45) is 0. The van der Waals surface area contributed by atoms with E-state index in [2.05, 4.69) is 52.3 Å². The molecule has 0 fully saturated rings. The van der Waals surface area contributed by atoms with Gasteiger partial charge in [0, 0.05) is 10.4 Å². The minimum atomic E-state index is 0.571. The van der Waals surface area contributed by atoms with Gasteiger partial charge in [-0.05, 0) is 46.5 Å². The van der Waals surface area contributed by atoms with Crippen LogP contribution in [-0.2, 0) is 11.9 Å². The normalized spacial score (nSPS) is 10.5. The predicted octanol–water partition coefficient (Wildman–Crippen LogP) is 6.48. The molecular formula is C20H16BrClO. The molecule has 0 saturated heterocycles. The Hall–Kier alpha value is -1.77. The van der Waals surface area contributed by atoms with Crippen LogP contribution in [0.1, 0.15) is 11.1 Å². The van der Waals surface area contributed by atoms with E-state index in [-0.39, 0.29) is 0 Å². The van der Waals surface area contributed by atoms with Gasteiger partial charge in [-0.3, -0.25) is 0 Å². The average Bonchev–Trinajstić information content (AvgIpc) is 2.61. The summed E-state index contributed by atoms with van der Waals surface area (Å²) in [6, 6.07) is 24.3. The summed E-state index contributed by atoms with van der Waals surface area (Å²) in [7, 11) is 0. The minimum absolute atomic E-state index is 0.571. The van der Waals surface area contributed by atoms with Gasteiger partial charge in [0.05, 0.1) is 0 Å². The topological polar surface area (TPSA) is 9.23 Å². The lowest BCUT2D eigenvalue weighted by atomic mass is 10.1. The van der Waals surface area contributed by atoms with Gasteiger partial charge in [0.15, 0.2) is 0 Å². The van der Waals surface area contributed by atoms with Crippen LogP contribution in [0.2, 0.25) is 5.02 Å². The summed E-state index contributed by atoms with van der Waals surface area (Å²) in [5, 5.41) is 1.61. The van der Waals surface area contributed by atoms with Crippen molar-refractivity contribution in [1.82, 2.24) is 0 Å². The van der Waals surface area contributed by atoms with Gasteiger partial charge < -0.3 is 4.74 Å². The van der Waals surface area contributed by atoms with E-state index in [0.29, 0.717) is 6.61 Å². The second-order valence-electron chi connectivity index (χ2n) is 5.27. The van der Waals surface area contributed by atoms with Gasteiger partial charge in [-0.15, -0.1) is 0 Å². The molecule has 3 heteroatoms. The van der Waals surface area contributed by atoms with Crippen LogP contribution in [0.3, 0.4) is 0 Å². The molecule has 1 nitrogen and oxygen atoms in total. The molecule has 0 aliphatic rings. The van der Waals surface area contributed by atoms with E-state index in [9.17, 15) is 0 Å². The maximum atomic E-state index is 5.92. The van der Waals surface area contributed by atoms with Crippen molar-refractivity contribution >= 4 is 27.5 Å². The van der Waals surface area contributed by atoms with Gasteiger partial charge in [0.1, 0.15) is 12.4 Å². The molecule has 3 aromatic carbocycles. The van der Waals surface area contributed by atoms with Gasteiger partial charge in [-0.1, -0.05) is 76.1 Å². The Labute approximate surface area is 150 Å². The van der Waals surface area contributed by atoms with Crippen molar-refractivity contribution in [2.45, 2.75) is 11.9 Å². The van der Waals surface area contributed by atoms with Gasteiger partial charge in [0.2, 0.25) is 0 Å². The van der Waals surface area contributed by atoms with E-state index < -0.39 is 0 Å². The standard InChI is InChI=1S/C20H16BrClO/c21-13-15-2-1-3-16(12-15)14-23-20-10-6-18(7-11-20)17-4-8-19(22)9-5-17/h1-12H,13-14H2. The number of rotatable bonds is 5. The number of benzene rings is 3. The fraction of sp³-hybridized carbons (Fsp3) is 0.100. The monoisotopic (exact) mass is 386 g/mol. The van der Waals surface area contributed by atoms with Gasteiger partial charge >= 0.3 is 0 Å². The highest BCUT2D eigenvalue weighted by Gasteiger charge is 2.00. The molecule has 0 radical (unpaired) electrons. The third-order valence-electron chi connectivity index (χ3n) is 3.58. The van der Waals surface area contributed by atoms with Crippen LogP contribution in [-0.4, -0.2) is 0 Å². The molecular weight excluding hydrogens is 372 g/mol. The Kier molecular flexibility index (Phi) is 5.37. The fourth-order valence-corrected chi connectivity index (χ4v) is 2.83. The Morgan fingerprint density at radius 2 is 1.39 bits per heavy atom. The Morgan fingerprint density at radius 3 is 2.04 bits per heavy atom. The maximum Gasteiger partial charge on any atom is 0.119 e. The highest BCUT2D eigenvalue weighted by atomic mass is 79.9. The molecule has 0 unspecified atom stereocenters. The summed E-state index contributed by atoms with van der Waals surface area (Å²) in [4.78, 5) is 0. The molecule has 0 saturated carbocycles. The van der Waals surface area contributed by atoms with Crippen LogP contribution in [0, 0.1) is 0 Å². The molecule has 0 aliphatic heterocycles. The molecule has 0 N–H and O–H groups in total. The Morgan fingerprint density at radius 1 is 0.783 bits per heavy atom. The van der Waals surface area contributed by atoms with Crippen molar-refractivity contribution in [3.63, 3.8) is 0 Å². The molecule has 0 aromatic heterocycles. The minimum Gasteiger partial charge on any atom is -0.489 e. The summed E-state index contributed by atoms with van der Waals surface area (Å²) < 4.78 is 5.87. The van der Waals surface area contributed by atoms with Crippen LogP contribution >= 0.6 is 27.5 Å². The first kappa shape index (κ1) is 16.1. The first-order valence-electron chi connectivity index (χ1n) is 7.37. The van der Waals surface area contributed by atoms with Gasteiger partial charge in [0.25, 0.3) is 0 Å². The zero-order chi connectivity index (χ0) is 16.1. The van der Waals surface area contributed by atoms with Crippen LogP contribution in [0.25, 0.3) is 11.1 Å². The summed E-state index contributed by atoms with van der Waals surface area (Å²) >= 11 is 9.40. The number of alkyl halides is 1. The molecule has 0 spiro atoms. The number of halogens is 2. The van der Waals surface area contributed by atoms with Gasteiger partial charge in [-0.2, -0.15) is 0 Å². The number of hydrogen-bond acceptors (Lipinski definition) is 1. The first-order valence-corrected chi connectivity index (χ1v) is 8.87. The third kappa shape index (κ3) is 4.37. The van der Waals surface area contributed by atoms with Crippen molar-refractivity contribution in [3.05, 3.63) is 88.9 Å². The van der Waals surface area contributed by atoms with Crippen LogP contribution in [0.15, 0.2) is 72.8 Å². The summed E-state index contributed by atoms with van der Waals surface area (Å²) in [6.45, 7) is 0.571. The maximum absolute atomic E-state index is 5.92. The van der Waals surface area contributed by atoms with Crippen LogP contribution in [0.4, 0.5) is 0 Å². The van der Waals surface area contributed by atoms with E-state index in [0.717, 1.165) is 27.2 Å². The largest absolute Gasteiger partial charge is 0.489 e. The highest BCUT2D eigenvalue weighted by Crippen LogP contribution is 2.24. The lowest BCUT2D eigenvalue weighted by molar-refractivity contribution is 0.306. The van der Waals surface area contributed by atoms with Crippen molar-refractivity contribution in [2.75, 3.05) is 0 Å². The zero-order valence-corrected chi connectivity index (χ0v) is 14.8. The van der Waals surface area contributed by atoms with E-state index in [1.807, 2.05) is 36.4 Å². The van der Waals surface area contributed by atoms with Crippen LogP contribution < -0.4 is 4.74 Å². The van der Waals surface area contributed by atoms with E-state index in [4.69, 9.17) is 16.3 Å². The quantitative estimate of drug-likeness (QED) is 0.455. The fourth-order valence-electron chi connectivity index (χ4n) is 2.36. The van der Waals surface area contributed by atoms with Crippen LogP contribution in [0.5, 0.6) is 5.75 Å². The second kappa shape index (κ2) is 7.67. The predicted molar refractivity (Wildman–Crippen MR) is 100 cm³/mol. The Balaban J connectivity index is 1.66. The lowest BCUT2D eigenvalue weighted by Gasteiger charge is -2.08. The van der Waals surface area contributed by atoms with Crippen molar-refractivity contribution in [2.24, 2.45) is 0 Å². The molecule has 0 amide bonds. The molecule has 3 aromatic rings. The lowest BCUT2D eigenvalue weighted by Crippen LogP contribution is -1.96. The Bertz CT molecular complexity index is 766. The van der Waals surface area contributed by atoms with Crippen molar-refractivity contribution < 1.29 is 4.74 Å². The summed E-state index contributed by atoms with van der Waals surface area (Å²) in [5.41, 5.74) is 4.72. The zero-order valence-electron chi connectivity index (χ0n) is 12.5. The van der Waals surface area contributed by atoms with Crippen molar-refractivity contribution in [1.29, 1.82) is 0 Å². The third-order valence-corrected chi connectivity index (χ3v) is 4.48. The molecule has 0 atom stereocenters.